The van der Waals surface area contributed by atoms with E-state index in [-0.39, 0.29) is 5.56 Å². The van der Waals surface area contributed by atoms with Crippen molar-refractivity contribution in [1.29, 1.82) is 0 Å². The van der Waals surface area contributed by atoms with E-state index in [0.717, 1.165) is 50.9 Å². The van der Waals surface area contributed by atoms with Gasteiger partial charge in [-0.2, -0.15) is 0 Å². The van der Waals surface area contributed by atoms with Crippen LogP contribution in [0.2, 0.25) is 0 Å². The molecule has 110 valence electrons. The minimum Gasteiger partial charge on any atom is -0.378 e. The number of rotatable bonds is 4. The van der Waals surface area contributed by atoms with Crippen molar-refractivity contribution >= 4 is 0 Å². The fourth-order valence-electron chi connectivity index (χ4n) is 3.58. The molecular formula is C16H24N2O2. The van der Waals surface area contributed by atoms with Crippen LogP contribution in [0.1, 0.15) is 49.9 Å². The summed E-state index contributed by atoms with van der Waals surface area (Å²) in [5, 5.41) is 3.70. The predicted octanol–water partition coefficient (Wildman–Crippen LogP) is 2.16. The molecule has 4 heteroatoms. The molecule has 1 aromatic heterocycles. The van der Waals surface area contributed by atoms with Gasteiger partial charge in [0.25, 0.3) is 0 Å². The molecule has 2 aliphatic rings. The lowest BCUT2D eigenvalue weighted by Gasteiger charge is -2.28. The highest BCUT2D eigenvalue weighted by Crippen LogP contribution is 2.29. The van der Waals surface area contributed by atoms with Gasteiger partial charge < -0.3 is 15.0 Å². The average molecular weight is 276 g/mol. The van der Waals surface area contributed by atoms with Crippen LogP contribution in [0.4, 0.5) is 0 Å². The zero-order chi connectivity index (χ0) is 13.9. The fourth-order valence-corrected chi connectivity index (χ4v) is 3.58. The third-order valence-electron chi connectivity index (χ3n) is 4.71. The second-order valence-corrected chi connectivity index (χ2v) is 5.98. The molecule has 1 aliphatic heterocycles. The first-order valence-corrected chi connectivity index (χ1v) is 7.85. The molecule has 1 aliphatic carbocycles. The van der Waals surface area contributed by atoms with Crippen LogP contribution in [0.3, 0.4) is 0 Å². The smallest absolute Gasteiger partial charge is 0.248 e. The molecule has 2 N–H and O–H groups in total. The summed E-state index contributed by atoms with van der Waals surface area (Å²) in [4.78, 5) is 14.4. The van der Waals surface area contributed by atoms with E-state index in [0.29, 0.717) is 18.1 Å². The number of aromatic amines is 1. The number of hydrogen-bond donors (Lipinski definition) is 2. The van der Waals surface area contributed by atoms with E-state index in [2.05, 4.69) is 17.2 Å². The minimum atomic E-state index is 0.0136. The molecule has 3 rings (SSSR count). The number of aromatic nitrogens is 1. The summed E-state index contributed by atoms with van der Waals surface area (Å²) in [6.45, 7) is 4.12. The third-order valence-corrected chi connectivity index (χ3v) is 4.71. The Morgan fingerprint density at radius 1 is 1.40 bits per heavy atom. The lowest BCUT2D eigenvalue weighted by Crippen LogP contribution is -2.33. The highest BCUT2D eigenvalue weighted by Gasteiger charge is 2.28. The summed E-state index contributed by atoms with van der Waals surface area (Å²) in [5.41, 5.74) is 2.42. The molecule has 0 bridgehead atoms. The lowest BCUT2D eigenvalue weighted by atomic mass is 9.90. The molecule has 0 spiro atoms. The van der Waals surface area contributed by atoms with Gasteiger partial charge in [0.2, 0.25) is 5.56 Å². The summed E-state index contributed by atoms with van der Waals surface area (Å²) < 4.78 is 5.75. The van der Waals surface area contributed by atoms with Gasteiger partial charge in [-0.3, -0.25) is 4.79 Å². The molecule has 3 unspecified atom stereocenters. The SMILES string of the molecule is CCC1OCCC1CNC1CCCc2[nH]c(=O)ccc21. The van der Waals surface area contributed by atoms with Crippen LogP contribution in [0, 0.1) is 5.92 Å². The Kier molecular flexibility index (Phi) is 4.22. The first kappa shape index (κ1) is 13.8. The van der Waals surface area contributed by atoms with Crippen molar-refractivity contribution in [3.05, 3.63) is 33.7 Å². The maximum atomic E-state index is 11.4. The van der Waals surface area contributed by atoms with Crippen molar-refractivity contribution in [2.75, 3.05) is 13.2 Å². The maximum Gasteiger partial charge on any atom is 0.248 e. The number of hydrogen-bond acceptors (Lipinski definition) is 3. The summed E-state index contributed by atoms with van der Waals surface area (Å²) in [6, 6.07) is 4.02. The Morgan fingerprint density at radius 3 is 3.15 bits per heavy atom. The molecule has 4 nitrogen and oxygen atoms in total. The molecular weight excluding hydrogens is 252 g/mol. The third kappa shape index (κ3) is 2.81. The van der Waals surface area contributed by atoms with Crippen molar-refractivity contribution in [3.8, 4) is 0 Å². The monoisotopic (exact) mass is 276 g/mol. The predicted molar refractivity (Wildman–Crippen MR) is 78.9 cm³/mol. The van der Waals surface area contributed by atoms with E-state index in [1.807, 2.05) is 6.07 Å². The molecule has 0 saturated carbocycles. The van der Waals surface area contributed by atoms with Crippen LogP contribution >= 0.6 is 0 Å². The van der Waals surface area contributed by atoms with Gasteiger partial charge in [-0.05, 0) is 43.6 Å². The Labute approximate surface area is 119 Å². The molecule has 1 aromatic rings. The molecule has 1 saturated heterocycles. The zero-order valence-electron chi connectivity index (χ0n) is 12.2. The van der Waals surface area contributed by atoms with Crippen LogP contribution in [-0.4, -0.2) is 24.2 Å². The van der Waals surface area contributed by atoms with Gasteiger partial charge in [-0.25, -0.2) is 0 Å². The summed E-state index contributed by atoms with van der Waals surface area (Å²) in [7, 11) is 0. The van der Waals surface area contributed by atoms with Crippen molar-refractivity contribution in [3.63, 3.8) is 0 Å². The molecule has 0 radical (unpaired) electrons. The first-order chi connectivity index (χ1) is 9.78. The number of fused-ring (bicyclic) bond motifs is 1. The number of aryl methyl sites for hydroxylation is 1. The van der Waals surface area contributed by atoms with Crippen molar-refractivity contribution in [2.24, 2.45) is 5.92 Å². The van der Waals surface area contributed by atoms with E-state index in [9.17, 15) is 4.79 Å². The Bertz CT molecular complexity index is 511. The zero-order valence-corrected chi connectivity index (χ0v) is 12.2. The van der Waals surface area contributed by atoms with Crippen LogP contribution in [0.25, 0.3) is 0 Å². The summed E-state index contributed by atoms with van der Waals surface area (Å²) in [6.07, 6.45) is 5.97. The Morgan fingerprint density at radius 2 is 2.30 bits per heavy atom. The molecule has 0 amide bonds. The van der Waals surface area contributed by atoms with E-state index in [1.165, 1.54) is 5.56 Å². The molecule has 2 heterocycles. The number of nitrogens with one attached hydrogen (secondary N) is 2. The molecule has 3 atom stereocenters. The van der Waals surface area contributed by atoms with E-state index < -0.39 is 0 Å². The summed E-state index contributed by atoms with van der Waals surface area (Å²) in [5.74, 6) is 0.633. The van der Waals surface area contributed by atoms with Gasteiger partial charge >= 0.3 is 0 Å². The minimum absolute atomic E-state index is 0.0136. The van der Waals surface area contributed by atoms with Gasteiger partial charge in [0.1, 0.15) is 0 Å². The highest BCUT2D eigenvalue weighted by molar-refractivity contribution is 5.26. The quantitative estimate of drug-likeness (QED) is 0.886. The number of pyridine rings is 1. The number of ether oxygens (including phenoxy) is 1. The van der Waals surface area contributed by atoms with Crippen LogP contribution in [-0.2, 0) is 11.2 Å². The lowest BCUT2D eigenvalue weighted by molar-refractivity contribution is 0.0864. The average Bonchev–Trinajstić information content (AvgIpc) is 2.92. The molecule has 0 aromatic carbocycles. The van der Waals surface area contributed by atoms with Crippen LogP contribution < -0.4 is 10.9 Å². The fraction of sp³-hybridized carbons (Fsp3) is 0.688. The van der Waals surface area contributed by atoms with Gasteiger partial charge in [0, 0.05) is 31.0 Å². The number of H-pyrrole nitrogens is 1. The van der Waals surface area contributed by atoms with Gasteiger partial charge in [-0.1, -0.05) is 13.0 Å². The largest absolute Gasteiger partial charge is 0.378 e. The van der Waals surface area contributed by atoms with Crippen molar-refractivity contribution in [1.82, 2.24) is 10.3 Å². The second kappa shape index (κ2) is 6.10. The van der Waals surface area contributed by atoms with Crippen LogP contribution in [0.5, 0.6) is 0 Å². The van der Waals surface area contributed by atoms with Crippen LogP contribution in [0.15, 0.2) is 16.9 Å². The van der Waals surface area contributed by atoms with Crippen molar-refractivity contribution < 1.29 is 4.74 Å². The Balaban J connectivity index is 1.66. The maximum absolute atomic E-state index is 11.4. The standard InChI is InChI=1S/C16H24N2O2/c1-2-15-11(8-9-20-15)10-17-13-4-3-5-14-12(13)6-7-16(19)18-14/h6-7,11,13,15,17H,2-5,8-10H2,1H3,(H,18,19). The Hall–Kier alpha value is -1.13. The van der Waals surface area contributed by atoms with E-state index in [4.69, 9.17) is 4.74 Å². The summed E-state index contributed by atoms with van der Waals surface area (Å²) >= 11 is 0. The van der Waals surface area contributed by atoms with E-state index in [1.54, 1.807) is 6.07 Å². The highest BCUT2D eigenvalue weighted by atomic mass is 16.5. The molecule has 20 heavy (non-hydrogen) atoms. The first-order valence-electron chi connectivity index (χ1n) is 7.85. The molecule has 1 fully saturated rings. The van der Waals surface area contributed by atoms with Crippen molar-refractivity contribution in [2.45, 2.75) is 51.2 Å². The van der Waals surface area contributed by atoms with Gasteiger partial charge in [0.05, 0.1) is 6.10 Å². The topological polar surface area (TPSA) is 54.1 Å². The van der Waals surface area contributed by atoms with Gasteiger partial charge in [0.15, 0.2) is 0 Å². The normalized spacial score (nSPS) is 29.4. The van der Waals surface area contributed by atoms with Gasteiger partial charge in [-0.15, -0.1) is 0 Å². The second-order valence-electron chi connectivity index (χ2n) is 5.98. The van der Waals surface area contributed by atoms with E-state index >= 15 is 0 Å².